The van der Waals surface area contributed by atoms with Crippen molar-refractivity contribution < 1.29 is 14.6 Å². The number of hydrogen-bond donors (Lipinski definition) is 1. The van der Waals surface area contributed by atoms with E-state index in [1.807, 2.05) is 6.07 Å². The van der Waals surface area contributed by atoms with Gasteiger partial charge in [0.25, 0.3) is 0 Å². The molecule has 0 spiro atoms. The van der Waals surface area contributed by atoms with Crippen molar-refractivity contribution in [3.8, 4) is 5.75 Å². The van der Waals surface area contributed by atoms with Crippen molar-refractivity contribution in [2.75, 3.05) is 6.61 Å². The van der Waals surface area contributed by atoms with Crippen LogP contribution < -0.4 is 4.74 Å². The average molecular weight is 237 g/mol. The quantitative estimate of drug-likeness (QED) is 0.869. The van der Waals surface area contributed by atoms with E-state index >= 15 is 0 Å². The average Bonchev–Trinajstić information content (AvgIpc) is 2.67. The number of aromatic nitrogens is 1. The van der Waals surface area contributed by atoms with Gasteiger partial charge in [0.1, 0.15) is 12.4 Å². The van der Waals surface area contributed by atoms with Crippen molar-refractivity contribution in [1.82, 2.24) is 4.98 Å². The van der Waals surface area contributed by atoms with E-state index in [1.54, 1.807) is 12.3 Å². The summed E-state index contributed by atoms with van der Waals surface area (Å²) in [6.07, 6.45) is 3.91. The molecule has 1 fully saturated rings. The molecule has 4 nitrogen and oxygen atoms in total. The van der Waals surface area contributed by atoms with Crippen LogP contribution in [0.3, 0.4) is 0 Å². The van der Waals surface area contributed by atoms with Gasteiger partial charge in [0.2, 0.25) is 0 Å². The monoisotopic (exact) mass is 237 g/mol. The van der Waals surface area contributed by atoms with Gasteiger partial charge in [-0.3, -0.25) is 4.98 Å². The van der Waals surface area contributed by atoms with Crippen molar-refractivity contribution in [3.05, 3.63) is 24.0 Å². The number of hydrogen-bond acceptors (Lipinski definition) is 4. The molecule has 17 heavy (non-hydrogen) atoms. The van der Waals surface area contributed by atoms with E-state index in [9.17, 15) is 0 Å². The van der Waals surface area contributed by atoms with Gasteiger partial charge in [0.15, 0.2) is 0 Å². The van der Waals surface area contributed by atoms with Crippen LogP contribution in [0.15, 0.2) is 18.3 Å². The Hall–Kier alpha value is -1.13. The summed E-state index contributed by atoms with van der Waals surface area (Å²) in [6.45, 7) is 4.72. The highest BCUT2D eigenvalue weighted by molar-refractivity contribution is 5.19. The van der Waals surface area contributed by atoms with E-state index in [2.05, 4.69) is 18.8 Å². The smallest absolute Gasteiger partial charge is 0.137 e. The summed E-state index contributed by atoms with van der Waals surface area (Å²) in [5.74, 6) is 0.718. The topological polar surface area (TPSA) is 51.6 Å². The van der Waals surface area contributed by atoms with E-state index in [4.69, 9.17) is 14.6 Å². The lowest BCUT2D eigenvalue weighted by Crippen LogP contribution is -2.23. The Morgan fingerprint density at radius 3 is 2.88 bits per heavy atom. The predicted molar refractivity (Wildman–Crippen MR) is 63.8 cm³/mol. The Kier molecular flexibility index (Phi) is 3.64. The van der Waals surface area contributed by atoms with Crippen LogP contribution in [0.2, 0.25) is 0 Å². The molecule has 2 heterocycles. The van der Waals surface area contributed by atoms with Gasteiger partial charge < -0.3 is 14.6 Å². The number of rotatable bonds is 4. The molecular formula is C13H19NO3. The maximum atomic E-state index is 8.87. The molecule has 1 aromatic heterocycles. The molecule has 1 unspecified atom stereocenters. The van der Waals surface area contributed by atoms with Crippen LogP contribution in [0.5, 0.6) is 5.75 Å². The molecule has 0 radical (unpaired) electrons. The Balaban J connectivity index is 1.82. The Morgan fingerprint density at radius 1 is 1.53 bits per heavy atom. The second-order valence-corrected chi connectivity index (χ2v) is 4.99. The molecular weight excluding hydrogens is 218 g/mol. The molecule has 0 saturated carbocycles. The van der Waals surface area contributed by atoms with Gasteiger partial charge in [-0.15, -0.1) is 0 Å². The lowest BCUT2D eigenvalue weighted by Gasteiger charge is -2.19. The maximum absolute atomic E-state index is 8.87. The minimum atomic E-state index is -0.0415. The molecule has 0 amide bonds. The minimum absolute atomic E-state index is 0.0208. The van der Waals surface area contributed by atoms with Gasteiger partial charge in [-0.2, -0.15) is 0 Å². The third kappa shape index (κ3) is 3.41. The highest BCUT2D eigenvalue weighted by atomic mass is 16.6. The predicted octanol–water partition coefficient (Wildman–Crippen LogP) is 1.91. The zero-order chi connectivity index (χ0) is 12.3. The molecule has 4 heteroatoms. The summed E-state index contributed by atoms with van der Waals surface area (Å²) in [5, 5.41) is 8.87. The summed E-state index contributed by atoms with van der Waals surface area (Å²) in [5.41, 5.74) is 0.628. The van der Waals surface area contributed by atoms with E-state index in [0.717, 1.165) is 18.6 Å². The summed E-state index contributed by atoms with van der Waals surface area (Å²) in [7, 11) is 0. The first-order chi connectivity index (χ1) is 8.09. The van der Waals surface area contributed by atoms with Crippen molar-refractivity contribution in [2.45, 2.75) is 45.0 Å². The Bertz CT molecular complexity index is 361. The van der Waals surface area contributed by atoms with Crippen molar-refractivity contribution in [3.63, 3.8) is 0 Å². The van der Waals surface area contributed by atoms with Crippen LogP contribution in [-0.2, 0) is 11.3 Å². The zero-order valence-corrected chi connectivity index (χ0v) is 10.3. The number of aliphatic hydroxyl groups is 1. The maximum Gasteiger partial charge on any atom is 0.137 e. The minimum Gasteiger partial charge on any atom is -0.489 e. The van der Waals surface area contributed by atoms with Crippen LogP contribution in [0, 0.1) is 0 Å². The molecule has 1 aliphatic heterocycles. The molecule has 1 N–H and O–H groups in total. The van der Waals surface area contributed by atoms with Gasteiger partial charge in [-0.25, -0.2) is 0 Å². The van der Waals surface area contributed by atoms with E-state index in [0.29, 0.717) is 12.3 Å². The van der Waals surface area contributed by atoms with E-state index in [-0.39, 0.29) is 18.3 Å². The molecule has 1 saturated heterocycles. The summed E-state index contributed by atoms with van der Waals surface area (Å²) < 4.78 is 11.4. The van der Waals surface area contributed by atoms with Crippen molar-refractivity contribution in [1.29, 1.82) is 0 Å². The fourth-order valence-electron chi connectivity index (χ4n) is 1.97. The van der Waals surface area contributed by atoms with Gasteiger partial charge in [0.05, 0.1) is 30.2 Å². The Morgan fingerprint density at radius 2 is 2.35 bits per heavy atom. The highest BCUT2D eigenvalue weighted by Crippen LogP contribution is 2.29. The number of pyridine rings is 1. The van der Waals surface area contributed by atoms with Crippen molar-refractivity contribution >= 4 is 0 Å². The first-order valence-electron chi connectivity index (χ1n) is 5.95. The van der Waals surface area contributed by atoms with Gasteiger partial charge in [-0.05, 0) is 38.8 Å². The lowest BCUT2D eigenvalue weighted by atomic mass is 10.1. The summed E-state index contributed by atoms with van der Waals surface area (Å²) >= 11 is 0. The summed E-state index contributed by atoms with van der Waals surface area (Å²) in [6, 6.07) is 3.58. The van der Waals surface area contributed by atoms with Crippen LogP contribution in [0.1, 0.15) is 32.4 Å². The number of nitrogens with zero attached hydrogens (tertiary/aromatic N) is 1. The second kappa shape index (κ2) is 5.02. The molecule has 0 aliphatic carbocycles. The lowest BCUT2D eigenvalue weighted by molar-refractivity contribution is -0.0327. The second-order valence-electron chi connectivity index (χ2n) is 4.99. The zero-order valence-electron chi connectivity index (χ0n) is 10.3. The first kappa shape index (κ1) is 12.3. The fourth-order valence-corrected chi connectivity index (χ4v) is 1.97. The Labute approximate surface area is 102 Å². The largest absolute Gasteiger partial charge is 0.489 e. The van der Waals surface area contributed by atoms with Crippen LogP contribution in [0.4, 0.5) is 0 Å². The molecule has 2 rings (SSSR count). The van der Waals surface area contributed by atoms with Gasteiger partial charge in [0, 0.05) is 0 Å². The van der Waals surface area contributed by atoms with Gasteiger partial charge >= 0.3 is 0 Å². The molecule has 1 atom stereocenters. The van der Waals surface area contributed by atoms with E-state index < -0.39 is 0 Å². The van der Waals surface area contributed by atoms with E-state index in [1.165, 1.54) is 0 Å². The number of aliphatic hydroxyl groups excluding tert-OH is 1. The van der Waals surface area contributed by atoms with Gasteiger partial charge in [-0.1, -0.05) is 0 Å². The standard InChI is InChI=1S/C13H19NO3/c1-13(2)6-5-12(17-13)9-16-11-4-3-10(8-15)14-7-11/h3-4,7,12,15H,5-6,8-9H2,1-2H3. The third-order valence-corrected chi connectivity index (χ3v) is 2.95. The molecule has 94 valence electrons. The molecule has 0 bridgehead atoms. The third-order valence-electron chi connectivity index (χ3n) is 2.95. The SMILES string of the molecule is CC1(C)CCC(COc2ccc(CO)nc2)O1. The molecule has 0 aromatic carbocycles. The number of ether oxygens (including phenoxy) is 2. The van der Waals surface area contributed by atoms with Crippen molar-refractivity contribution in [2.24, 2.45) is 0 Å². The fraction of sp³-hybridized carbons (Fsp3) is 0.615. The van der Waals surface area contributed by atoms with Crippen LogP contribution >= 0.6 is 0 Å². The molecule has 1 aromatic rings. The molecule has 1 aliphatic rings. The highest BCUT2D eigenvalue weighted by Gasteiger charge is 2.31. The van der Waals surface area contributed by atoms with Crippen LogP contribution in [0.25, 0.3) is 0 Å². The summed E-state index contributed by atoms with van der Waals surface area (Å²) in [4.78, 5) is 4.06. The first-order valence-corrected chi connectivity index (χ1v) is 5.95. The van der Waals surface area contributed by atoms with Crippen LogP contribution in [-0.4, -0.2) is 28.4 Å². The normalized spacial score (nSPS) is 22.6.